The van der Waals surface area contributed by atoms with Crippen molar-refractivity contribution >= 4 is 11.9 Å². The van der Waals surface area contributed by atoms with Gasteiger partial charge in [0.15, 0.2) is 0 Å². The standard InChI is InChI=1S/C15H30N2O3/c1-6-7-8-9-13(3)16-14(18)11-17(4)10-12(2)15(19)20-5/h12-13H,6-11H2,1-5H3,(H,16,18). The second kappa shape index (κ2) is 10.7. The fourth-order valence-electron chi connectivity index (χ4n) is 2.15. The summed E-state index contributed by atoms with van der Waals surface area (Å²) in [4.78, 5) is 25.0. The Morgan fingerprint density at radius 1 is 1.25 bits per heavy atom. The summed E-state index contributed by atoms with van der Waals surface area (Å²) in [6, 6.07) is 0.209. The van der Waals surface area contributed by atoms with Crippen LogP contribution < -0.4 is 5.32 Å². The smallest absolute Gasteiger partial charge is 0.309 e. The summed E-state index contributed by atoms with van der Waals surface area (Å²) in [5.74, 6) is -0.460. The van der Waals surface area contributed by atoms with Gasteiger partial charge in [0.05, 0.1) is 19.6 Å². The molecule has 0 spiro atoms. The van der Waals surface area contributed by atoms with E-state index < -0.39 is 0 Å². The molecule has 0 heterocycles. The first-order chi connectivity index (χ1) is 9.40. The van der Waals surface area contributed by atoms with Crippen molar-refractivity contribution in [1.29, 1.82) is 0 Å². The SMILES string of the molecule is CCCCCC(C)NC(=O)CN(C)CC(C)C(=O)OC. The number of nitrogens with one attached hydrogen (secondary N) is 1. The third-order valence-electron chi connectivity index (χ3n) is 3.25. The van der Waals surface area contributed by atoms with E-state index in [1.165, 1.54) is 20.0 Å². The maximum absolute atomic E-state index is 11.8. The average molecular weight is 286 g/mol. The molecular formula is C15H30N2O3. The van der Waals surface area contributed by atoms with Gasteiger partial charge in [-0.1, -0.05) is 33.1 Å². The molecule has 1 N–H and O–H groups in total. The van der Waals surface area contributed by atoms with Crippen LogP contribution in [0.2, 0.25) is 0 Å². The number of nitrogens with zero attached hydrogens (tertiary/aromatic N) is 1. The zero-order valence-corrected chi connectivity index (χ0v) is 13.6. The topological polar surface area (TPSA) is 58.6 Å². The van der Waals surface area contributed by atoms with E-state index >= 15 is 0 Å². The first kappa shape index (κ1) is 18.9. The molecule has 2 atom stereocenters. The van der Waals surface area contributed by atoms with Gasteiger partial charge in [0.2, 0.25) is 5.91 Å². The van der Waals surface area contributed by atoms with Crippen molar-refractivity contribution in [2.75, 3.05) is 27.2 Å². The number of carbonyl (C=O) groups excluding carboxylic acids is 2. The van der Waals surface area contributed by atoms with Crippen LogP contribution in [-0.2, 0) is 14.3 Å². The lowest BCUT2D eigenvalue weighted by molar-refractivity contribution is -0.145. The molecule has 0 saturated carbocycles. The van der Waals surface area contributed by atoms with Crippen molar-refractivity contribution in [1.82, 2.24) is 10.2 Å². The van der Waals surface area contributed by atoms with Crippen molar-refractivity contribution in [3.05, 3.63) is 0 Å². The number of rotatable bonds is 10. The van der Waals surface area contributed by atoms with Crippen LogP contribution in [0, 0.1) is 5.92 Å². The molecule has 0 radical (unpaired) electrons. The van der Waals surface area contributed by atoms with Crippen molar-refractivity contribution in [3.63, 3.8) is 0 Å². The number of ether oxygens (including phenoxy) is 1. The summed E-state index contributed by atoms with van der Waals surface area (Å²) in [5, 5.41) is 2.99. The highest BCUT2D eigenvalue weighted by atomic mass is 16.5. The number of esters is 1. The first-order valence-corrected chi connectivity index (χ1v) is 7.46. The van der Waals surface area contributed by atoms with Crippen molar-refractivity contribution in [2.45, 2.75) is 52.5 Å². The lowest BCUT2D eigenvalue weighted by Crippen LogP contribution is -2.41. The highest BCUT2D eigenvalue weighted by Gasteiger charge is 2.17. The highest BCUT2D eigenvalue weighted by molar-refractivity contribution is 5.78. The molecule has 0 aliphatic heterocycles. The van der Waals surface area contributed by atoms with E-state index in [1.54, 1.807) is 6.92 Å². The van der Waals surface area contributed by atoms with Gasteiger partial charge in [-0.05, 0) is 20.4 Å². The molecule has 5 nitrogen and oxygen atoms in total. The Morgan fingerprint density at radius 3 is 2.45 bits per heavy atom. The van der Waals surface area contributed by atoms with Gasteiger partial charge < -0.3 is 10.1 Å². The summed E-state index contributed by atoms with van der Waals surface area (Å²) < 4.78 is 4.67. The molecule has 0 aliphatic rings. The molecule has 0 saturated heterocycles. The lowest BCUT2D eigenvalue weighted by Gasteiger charge is -2.21. The van der Waals surface area contributed by atoms with Crippen LogP contribution in [0.1, 0.15) is 46.5 Å². The Bertz CT molecular complexity index is 295. The van der Waals surface area contributed by atoms with Crippen LogP contribution in [0.25, 0.3) is 0 Å². The maximum atomic E-state index is 11.8. The first-order valence-electron chi connectivity index (χ1n) is 7.46. The van der Waals surface area contributed by atoms with Gasteiger partial charge in [0.1, 0.15) is 0 Å². The average Bonchev–Trinajstić information content (AvgIpc) is 2.37. The zero-order valence-electron chi connectivity index (χ0n) is 13.6. The summed E-state index contributed by atoms with van der Waals surface area (Å²) in [5.41, 5.74) is 0. The monoisotopic (exact) mass is 286 g/mol. The molecule has 5 heteroatoms. The number of carbonyl (C=O) groups is 2. The van der Waals surface area contributed by atoms with Crippen LogP contribution in [0.5, 0.6) is 0 Å². The fourth-order valence-corrected chi connectivity index (χ4v) is 2.15. The zero-order chi connectivity index (χ0) is 15.5. The highest BCUT2D eigenvalue weighted by Crippen LogP contribution is 2.03. The minimum atomic E-state index is -0.245. The second-order valence-electron chi connectivity index (χ2n) is 5.59. The molecular weight excluding hydrogens is 256 g/mol. The predicted molar refractivity (Wildman–Crippen MR) is 80.4 cm³/mol. The second-order valence-corrected chi connectivity index (χ2v) is 5.59. The summed E-state index contributed by atoms with van der Waals surface area (Å²) in [6.45, 7) is 6.82. The van der Waals surface area contributed by atoms with Crippen LogP contribution in [0.4, 0.5) is 0 Å². The quantitative estimate of drug-likeness (QED) is 0.491. The molecule has 0 aromatic carbocycles. The minimum Gasteiger partial charge on any atom is -0.469 e. The van der Waals surface area contributed by atoms with Gasteiger partial charge in [-0.25, -0.2) is 0 Å². The molecule has 20 heavy (non-hydrogen) atoms. The number of amides is 1. The predicted octanol–water partition coefficient (Wildman–Crippen LogP) is 1.81. The van der Waals surface area contributed by atoms with Gasteiger partial charge in [0, 0.05) is 12.6 Å². The Morgan fingerprint density at radius 2 is 1.90 bits per heavy atom. The minimum absolute atomic E-state index is 0.00793. The van der Waals surface area contributed by atoms with E-state index in [9.17, 15) is 9.59 Å². The Balaban J connectivity index is 3.92. The van der Waals surface area contributed by atoms with Crippen LogP contribution >= 0.6 is 0 Å². The third-order valence-corrected chi connectivity index (χ3v) is 3.25. The molecule has 2 unspecified atom stereocenters. The van der Waals surface area contributed by atoms with Crippen LogP contribution in [-0.4, -0.2) is 50.1 Å². The van der Waals surface area contributed by atoms with Crippen molar-refractivity contribution in [2.24, 2.45) is 5.92 Å². The van der Waals surface area contributed by atoms with E-state index in [-0.39, 0.29) is 23.8 Å². The maximum Gasteiger partial charge on any atom is 0.309 e. The molecule has 0 bridgehead atoms. The Hall–Kier alpha value is -1.10. The fraction of sp³-hybridized carbons (Fsp3) is 0.867. The Labute approximate surface area is 123 Å². The number of hydrogen-bond acceptors (Lipinski definition) is 4. The number of unbranched alkanes of at least 4 members (excludes halogenated alkanes) is 2. The number of likely N-dealkylation sites (N-methyl/N-ethyl adjacent to an activating group) is 1. The van der Waals surface area contributed by atoms with E-state index in [4.69, 9.17) is 0 Å². The van der Waals surface area contributed by atoms with Crippen molar-refractivity contribution in [3.8, 4) is 0 Å². The third kappa shape index (κ3) is 8.91. The molecule has 118 valence electrons. The van der Waals surface area contributed by atoms with Gasteiger partial charge in [-0.3, -0.25) is 14.5 Å². The molecule has 0 aromatic rings. The number of methoxy groups -OCH3 is 1. The van der Waals surface area contributed by atoms with E-state index in [0.717, 1.165) is 12.8 Å². The van der Waals surface area contributed by atoms with Crippen LogP contribution in [0.3, 0.4) is 0 Å². The lowest BCUT2D eigenvalue weighted by atomic mass is 10.1. The molecule has 0 rings (SSSR count). The van der Waals surface area contributed by atoms with E-state index in [1.807, 2.05) is 18.9 Å². The van der Waals surface area contributed by atoms with Gasteiger partial charge in [0.25, 0.3) is 0 Å². The Kier molecular flexibility index (Phi) is 10.1. The van der Waals surface area contributed by atoms with E-state index in [2.05, 4.69) is 17.0 Å². The molecule has 0 aliphatic carbocycles. The largest absolute Gasteiger partial charge is 0.469 e. The van der Waals surface area contributed by atoms with Gasteiger partial charge in [-0.2, -0.15) is 0 Å². The van der Waals surface area contributed by atoms with E-state index in [0.29, 0.717) is 13.1 Å². The summed E-state index contributed by atoms with van der Waals surface area (Å²) >= 11 is 0. The van der Waals surface area contributed by atoms with Gasteiger partial charge in [-0.15, -0.1) is 0 Å². The molecule has 0 aromatic heterocycles. The van der Waals surface area contributed by atoms with Gasteiger partial charge >= 0.3 is 5.97 Å². The van der Waals surface area contributed by atoms with Crippen LogP contribution in [0.15, 0.2) is 0 Å². The summed E-state index contributed by atoms with van der Waals surface area (Å²) in [6.07, 6.45) is 4.56. The van der Waals surface area contributed by atoms with Crippen molar-refractivity contribution < 1.29 is 14.3 Å². The normalized spacial score (nSPS) is 13.9. The number of hydrogen-bond donors (Lipinski definition) is 1. The summed E-state index contributed by atoms with van der Waals surface area (Å²) in [7, 11) is 3.21. The molecule has 0 fully saturated rings. The molecule has 1 amide bonds.